The van der Waals surface area contributed by atoms with Crippen LogP contribution in [0, 0.1) is 26.6 Å². The van der Waals surface area contributed by atoms with Crippen molar-refractivity contribution in [3.8, 4) is 22.8 Å². The van der Waals surface area contributed by atoms with Gasteiger partial charge < -0.3 is 9.63 Å². The molecule has 0 aliphatic carbocycles. The second-order valence-electron chi connectivity index (χ2n) is 5.68. The van der Waals surface area contributed by atoms with Crippen LogP contribution < -0.4 is 0 Å². The number of aromatic nitrogens is 2. The molecule has 3 aromatic rings. The number of rotatable bonds is 3. The topological polar surface area (TPSA) is 76.2 Å². The first kappa shape index (κ1) is 15.9. The van der Waals surface area contributed by atoms with Gasteiger partial charge in [-0.1, -0.05) is 11.2 Å². The predicted octanol–water partition coefficient (Wildman–Crippen LogP) is 4.17. The third-order valence-electron chi connectivity index (χ3n) is 3.94. The minimum atomic E-state index is -1.03. The Labute approximate surface area is 137 Å². The number of hydrogen-bond acceptors (Lipinski definition) is 4. The molecule has 0 spiro atoms. The van der Waals surface area contributed by atoms with Crippen LogP contribution >= 0.6 is 0 Å². The Hall–Kier alpha value is -3.02. The van der Waals surface area contributed by atoms with Gasteiger partial charge in [0.05, 0.1) is 11.1 Å². The van der Waals surface area contributed by atoms with Crippen LogP contribution in [-0.2, 0) is 0 Å². The Morgan fingerprint density at radius 3 is 2.54 bits per heavy atom. The maximum Gasteiger partial charge on any atom is 0.335 e. The lowest BCUT2D eigenvalue weighted by Crippen LogP contribution is -2.00. The molecule has 1 heterocycles. The summed E-state index contributed by atoms with van der Waals surface area (Å²) in [4.78, 5) is 15.5. The molecule has 0 saturated heterocycles. The average molecular weight is 326 g/mol. The molecule has 1 aromatic heterocycles. The quantitative estimate of drug-likeness (QED) is 0.782. The van der Waals surface area contributed by atoms with Gasteiger partial charge in [0.15, 0.2) is 0 Å². The second kappa shape index (κ2) is 5.88. The average Bonchev–Trinajstić information content (AvgIpc) is 2.99. The van der Waals surface area contributed by atoms with E-state index in [1.165, 1.54) is 12.1 Å². The van der Waals surface area contributed by atoms with Crippen molar-refractivity contribution >= 4 is 5.97 Å². The molecule has 0 radical (unpaired) electrons. The number of aromatic carboxylic acids is 1. The molecule has 0 bridgehead atoms. The van der Waals surface area contributed by atoms with E-state index in [1.54, 1.807) is 25.1 Å². The predicted molar refractivity (Wildman–Crippen MR) is 86.3 cm³/mol. The van der Waals surface area contributed by atoms with Gasteiger partial charge in [0.1, 0.15) is 5.82 Å². The standard InChI is InChI=1S/C18H15FN2O3/c1-9-4-5-13(15(19)6-9)17-20-16(21-24-17)14-8-12(18(22)23)7-10(2)11(14)3/h4-8H,1-3H3,(H,22,23). The summed E-state index contributed by atoms with van der Waals surface area (Å²) in [5.74, 6) is -1.20. The van der Waals surface area contributed by atoms with Gasteiger partial charge in [0.2, 0.25) is 5.82 Å². The lowest BCUT2D eigenvalue weighted by molar-refractivity contribution is 0.0697. The zero-order chi connectivity index (χ0) is 17.4. The lowest BCUT2D eigenvalue weighted by atomic mass is 9.99. The molecule has 0 aliphatic rings. The van der Waals surface area contributed by atoms with Crippen LogP contribution in [0.4, 0.5) is 4.39 Å². The van der Waals surface area contributed by atoms with E-state index >= 15 is 0 Å². The summed E-state index contributed by atoms with van der Waals surface area (Å²) in [7, 11) is 0. The summed E-state index contributed by atoms with van der Waals surface area (Å²) in [5, 5.41) is 13.1. The minimum absolute atomic E-state index is 0.0558. The number of nitrogens with zero attached hydrogens (tertiary/aromatic N) is 2. The van der Waals surface area contributed by atoms with Crippen molar-refractivity contribution in [1.29, 1.82) is 0 Å². The molecule has 1 N–H and O–H groups in total. The number of aryl methyl sites for hydroxylation is 2. The first-order chi connectivity index (χ1) is 11.4. The number of carboxylic acids is 1. The van der Waals surface area contributed by atoms with Crippen molar-refractivity contribution in [2.24, 2.45) is 0 Å². The third kappa shape index (κ3) is 2.78. The Kier molecular flexibility index (Phi) is 3.89. The highest BCUT2D eigenvalue weighted by atomic mass is 19.1. The first-order valence-electron chi connectivity index (χ1n) is 7.32. The van der Waals surface area contributed by atoms with Crippen LogP contribution in [0.25, 0.3) is 22.8 Å². The second-order valence-corrected chi connectivity index (χ2v) is 5.68. The molecule has 5 nitrogen and oxygen atoms in total. The van der Waals surface area contributed by atoms with Gasteiger partial charge in [-0.05, 0) is 61.7 Å². The van der Waals surface area contributed by atoms with Crippen LogP contribution in [0.1, 0.15) is 27.0 Å². The van der Waals surface area contributed by atoms with Crippen molar-refractivity contribution in [2.75, 3.05) is 0 Å². The number of halogens is 1. The maximum atomic E-state index is 14.1. The van der Waals surface area contributed by atoms with Gasteiger partial charge in [-0.25, -0.2) is 9.18 Å². The smallest absolute Gasteiger partial charge is 0.335 e. The van der Waals surface area contributed by atoms with Gasteiger partial charge in [-0.15, -0.1) is 0 Å². The summed E-state index contributed by atoms with van der Waals surface area (Å²) >= 11 is 0. The van der Waals surface area contributed by atoms with Crippen LogP contribution in [0.5, 0.6) is 0 Å². The molecular formula is C18H15FN2O3. The highest BCUT2D eigenvalue weighted by Gasteiger charge is 2.18. The van der Waals surface area contributed by atoms with Crippen LogP contribution in [-0.4, -0.2) is 21.2 Å². The van der Waals surface area contributed by atoms with E-state index < -0.39 is 11.8 Å². The maximum absolute atomic E-state index is 14.1. The largest absolute Gasteiger partial charge is 0.478 e. The van der Waals surface area contributed by atoms with Crippen LogP contribution in [0.3, 0.4) is 0 Å². The van der Waals surface area contributed by atoms with Crippen molar-refractivity contribution < 1.29 is 18.8 Å². The van der Waals surface area contributed by atoms with Crippen molar-refractivity contribution in [3.63, 3.8) is 0 Å². The molecule has 0 atom stereocenters. The first-order valence-corrected chi connectivity index (χ1v) is 7.32. The molecule has 2 aromatic carbocycles. The molecule has 0 unspecified atom stereocenters. The zero-order valence-corrected chi connectivity index (χ0v) is 13.4. The lowest BCUT2D eigenvalue weighted by Gasteiger charge is -2.07. The molecule has 0 amide bonds. The van der Waals surface area contributed by atoms with Gasteiger partial charge in [-0.2, -0.15) is 4.98 Å². The fourth-order valence-electron chi connectivity index (χ4n) is 2.45. The molecule has 24 heavy (non-hydrogen) atoms. The van der Waals surface area contributed by atoms with Gasteiger partial charge in [-0.3, -0.25) is 0 Å². The SMILES string of the molecule is Cc1ccc(-c2nc(-c3cc(C(=O)O)cc(C)c3C)no2)c(F)c1. The van der Waals surface area contributed by atoms with Gasteiger partial charge in [0, 0.05) is 5.56 Å². The fourth-order valence-corrected chi connectivity index (χ4v) is 2.45. The molecule has 6 heteroatoms. The highest BCUT2D eigenvalue weighted by molar-refractivity contribution is 5.90. The van der Waals surface area contributed by atoms with Crippen molar-refractivity contribution in [1.82, 2.24) is 10.1 Å². The normalized spacial score (nSPS) is 10.8. The van der Waals surface area contributed by atoms with E-state index in [9.17, 15) is 14.3 Å². The van der Waals surface area contributed by atoms with E-state index in [0.29, 0.717) is 5.56 Å². The monoisotopic (exact) mass is 326 g/mol. The summed E-state index contributed by atoms with van der Waals surface area (Å²) in [6.07, 6.45) is 0. The summed E-state index contributed by atoms with van der Waals surface area (Å²) in [6.45, 7) is 5.44. The Balaban J connectivity index is 2.10. The molecular weight excluding hydrogens is 311 g/mol. The summed E-state index contributed by atoms with van der Waals surface area (Å²) in [5.41, 5.74) is 3.34. The van der Waals surface area contributed by atoms with Crippen LogP contribution in [0.2, 0.25) is 0 Å². The fraction of sp³-hybridized carbons (Fsp3) is 0.167. The van der Waals surface area contributed by atoms with E-state index in [1.807, 2.05) is 13.8 Å². The molecule has 122 valence electrons. The highest BCUT2D eigenvalue weighted by Crippen LogP contribution is 2.28. The Morgan fingerprint density at radius 1 is 1.12 bits per heavy atom. The van der Waals surface area contributed by atoms with Gasteiger partial charge in [0.25, 0.3) is 5.89 Å². The summed E-state index contributed by atoms with van der Waals surface area (Å²) in [6, 6.07) is 7.79. The molecule has 3 rings (SSSR count). The number of carbonyl (C=O) groups is 1. The number of benzene rings is 2. The molecule has 0 fully saturated rings. The van der Waals surface area contributed by atoms with E-state index in [-0.39, 0.29) is 22.8 Å². The van der Waals surface area contributed by atoms with E-state index in [0.717, 1.165) is 16.7 Å². The summed E-state index contributed by atoms with van der Waals surface area (Å²) < 4.78 is 19.2. The Bertz CT molecular complexity index is 947. The molecule has 0 saturated carbocycles. The molecule has 0 aliphatic heterocycles. The van der Waals surface area contributed by atoms with Crippen molar-refractivity contribution in [2.45, 2.75) is 20.8 Å². The van der Waals surface area contributed by atoms with Crippen LogP contribution in [0.15, 0.2) is 34.9 Å². The van der Waals surface area contributed by atoms with Crippen molar-refractivity contribution in [3.05, 3.63) is 58.4 Å². The third-order valence-corrected chi connectivity index (χ3v) is 3.94. The minimum Gasteiger partial charge on any atom is -0.478 e. The number of carboxylic acid groups (broad SMARTS) is 1. The van der Waals surface area contributed by atoms with E-state index in [4.69, 9.17) is 4.52 Å². The van der Waals surface area contributed by atoms with E-state index in [2.05, 4.69) is 10.1 Å². The zero-order valence-electron chi connectivity index (χ0n) is 13.4. The Morgan fingerprint density at radius 2 is 1.88 bits per heavy atom. The van der Waals surface area contributed by atoms with Gasteiger partial charge >= 0.3 is 5.97 Å². The number of hydrogen-bond donors (Lipinski definition) is 1.